The number of imidazole rings is 1. The Morgan fingerprint density at radius 3 is 2.65 bits per heavy atom. The highest BCUT2D eigenvalue weighted by Gasteiger charge is 2.32. The van der Waals surface area contributed by atoms with Gasteiger partial charge in [-0.25, -0.2) is 9.78 Å². The maximum Gasteiger partial charge on any atom is 0.417 e. The molecule has 2 heterocycles. The summed E-state index contributed by atoms with van der Waals surface area (Å²) in [6.07, 6.45) is -3.00. The van der Waals surface area contributed by atoms with Gasteiger partial charge >= 0.3 is 12.1 Å². The molecule has 0 saturated heterocycles. The Morgan fingerprint density at radius 2 is 2.12 bits per heavy atom. The molecule has 0 aliphatic rings. The van der Waals surface area contributed by atoms with Gasteiger partial charge in [0.05, 0.1) is 16.8 Å². The van der Waals surface area contributed by atoms with Crippen molar-refractivity contribution in [3.63, 3.8) is 0 Å². The second-order valence-corrected chi connectivity index (χ2v) is 3.62. The number of carboxylic acid groups (broad SMARTS) is 1. The van der Waals surface area contributed by atoms with Crippen LogP contribution in [0.3, 0.4) is 0 Å². The number of hydrogen-bond acceptors (Lipinski definition) is 2. The molecule has 0 saturated carbocycles. The smallest absolute Gasteiger partial charge is 0.417 e. The van der Waals surface area contributed by atoms with Crippen molar-refractivity contribution < 1.29 is 23.1 Å². The lowest BCUT2D eigenvalue weighted by molar-refractivity contribution is -0.137. The number of halogens is 4. The third kappa shape index (κ3) is 1.93. The quantitative estimate of drug-likeness (QED) is 0.861. The van der Waals surface area contributed by atoms with E-state index >= 15 is 0 Å². The highest BCUT2D eigenvalue weighted by atomic mass is 35.5. The van der Waals surface area contributed by atoms with Gasteiger partial charge in [0, 0.05) is 6.20 Å². The molecule has 0 radical (unpaired) electrons. The molecule has 2 aromatic rings. The van der Waals surface area contributed by atoms with Crippen LogP contribution in [0.15, 0.2) is 18.5 Å². The number of nitrogens with zero attached hydrogens (tertiary/aromatic N) is 2. The Labute approximate surface area is 97.3 Å². The minimum absolute atomic E-state index is 0.0305. The van der Waals surface area contributed by atoms with E-state index in [1.807, 2.05) is 0 Å². The van der Waals surface area contributed by atoms with Gasteiger partial charge in [-0.15, -0.1) is 0 Å². The summed E-state index contributed by atoms with van der Waals surface area (Å²) in [5, 5.41) is 8.51. The van der Waals surface area contributed by atoms with Crippen LogP contribution in [-0.2, 0) is 6.18 Å². The second kappa shape index (κ2) is 3.63. The van der Waals surface area contributed by atoms with Crippen LogP contribution in [0.2, 0.25) is 5.02 Å². The van der Waals surface area contributed by atoms with E-state index in [-0.39, 0.29) is 16.4 Å². The Kier molecular flexibility index (Phi) is 2.50. The first-order valence-corrected chi connectivity index (χ1v) is 4.65. The highest BCUT2D eigenvalue weighted by Crippen LogP contribution is 2.32. The fourth-order valence-corrected chi connectivity index (χ4v) is 1.62. The third-order valence-electron chi connectivity index (χ3n) is 2.11. The lowest BCUT2D eigenvalue weighted by Crippen LogP contribution is -2.09. The molecular weight excluding hydrogens is 261 g/mol. The van der Waals surface area contributed by atoms with Gasteiger partial charge in [-0.05, 0) is 6.07 Å². The number of carbonyl (C=O) groups is 1. The van der Waals surface area contributed by atoms with Gasteiger partial charge in [0.1, 0.15) is 0 Å². The Morgan fingerprint density at radius 1 is 1.47 bits per heavy atom. The zero-order valence-corrected chi connectivity index (χ0v) is 8.75. The summed E-state index contributed by atoms with van der Waals surface area (Å²) in [5.74, 6) is -1.38. The average molecular weight is 265 g/mol. The van der Waals surface area contributed by atoms with Gasteiger partial charge in [-0.1, -0.05) is 11.6 Å². The van der Waals surface area contributed by atoms with Gasteiger partial charge in [-0.3, -0.25) is 4.40 Å². The first-order chi connectivity index (χ1) is 7.80. The van der Waals surface area contributed by atoms with Crippen LogP contribution in [-0.4, -0.2) is 20.5 Å². The first kappa shape index (κ1) is 11.7. The van der Waals surface area contributed by atoms with E-state index < -0.39 is 17.7 Å². The molecule has 0 bridgehead atoms. The van der Waals surface area contributed by atoms with Gasteiger partial charge in [-0.2, -0.15) is 13.2 Å². The molecule has 90 valence electrons. The largest absolute Gasteiger partial charge is 0.477 e. The summed E-state index contributed by atoms with van der Waals surface area (Å²) in [6, 6.07) is 0.704. The zero-order chi connectivity index (χ0) is 12.8. The van der Waals surface area contributed by atoms with E-state index in [0.717, 1.165) is 10.6 Å². The van der Waals surface area contributed by atoms with Crippen molar-refractivity contribution in [1.29, 1.82) is 0 Å². The average Bonchev–Trinajstić information content (AvgIpc) is 2.60. The van der Waals surface area contributed by atoms with Gasteiger partial charge in [0.25, 0.3) is 0 Å². The van der Waals surface area contributed by atoms with Crippen LogP contribution >= 0.6 is 11.6 Å². The monoisotopic (exact) mass is 264 g/mol. The van der Waals surface area contributed by atoms with Crippen LogP contribution < -0.4 is 0 Å². The van der Waals surface area contributed by atoms with E-state index in [2.05, 4.69) is 4.98 Å². The van der Waals surface area contributed by atoms with Crippen molar-refractivity contribution >= 4 is 23.2 Å². The van der Waals surface area contributed by atoms with Crippen LogP contribution in [0.25, 0.3) is 5.65 Å². The molecule has 0 aliphatic carbocycles. The molecule has 0 aliphatic heterocycles. The van der Waals surface area contributed by atoms with Crippen molar-refractivity contribution in [3.05, 3.63) is 34.7 Å². The Hall–Kier alpha value is -1.76. The minimum atomic E-state index is -4.60. The number of hydrogen-bond donors (Lipinski definition) is 1. The number of carboxylic acids is 1. The standard InChI is InChI=1S/C9H4ClF3N2O2/c10-5-1-4(9(11,12)13)3-15-6(8(16)17)2-14-7(5)15/h1-3H,(H,16,17). The number of pyridine rings is 1. The van der Waals surface area contributed by atoms with Crippen molar-refractivity contribution in [3.8, 4) is 0 Å². The highest BCUT2D eigenvalue weighted by molar-refractivity contribution is 6.33. The van der Waals surface area contributed by atoms with Crippen LogP contribution in [0.4, 0.5) is 13.2 Å². The number of rotatable bonds is 1. The molecule has 0 amide bonds. The molecule has 2 rings (SSSR count). The second-order valence-electron chi connectivity index (χ2n) is 3.22. The van der Waals surface area contributed by atoms with Crippen molar-refractivity contribution in [2.75, 3.05) is 0 Å². The molecule has 0 atom stereocenters. The SMILES string of the molecule is O=C(O)c1cnc2c(Cl)cc(C(F)(F)F)cn12. The molecule has 0 unspecified atom stereocenters. The Bertz CT molecular complexity index is 606. The summed E-state index contributed by atoms with van der Waals surface area (Å²) in [4.78, 5) is 14.4. The van der Waals surface area contributed by atoms with Gasteiger partial charge in [0.2, 0.25) is 0 Å². The molecule has 17 heavy (non-hydrogen) atoms. The fraction of sp³-hybridized carbons (Fsp3) is 0.111. The predicted molar refractivity (Wildman–Crippen MR) is 52.2 cm³/mol. The normalized spacial score (nSPS) is 12.0. The van der Waals surface area contributed by atoms with Crippen molar-refractivity contribution in [2.24, 2.45) is 0 Å². The molecule has 1 N–H and O–H groups in total. The van der Waals surface area contributed by atoms with Gasteiger partial charge in [0.15, 0.2) is 11.3 Å². The van der Waals surface area contributed by atoms with Gasteiger partial charge < -0.3 is 5.11 Å². The summed E-state index contributed by atoms with van der Waals surface area (Å²) in [5.41, 5.74) is -1.44. The lowest BCUT2D eigenvalue weighted by atomic mass is 10.2. The number of fused-ring (bicyclic) bond motifs is 1. The topological polar surface area (TPSA) is 54.6 Å². The summed E-state index contributed by atoms with van der Waals surface area (Å²) in [7, 11) is 0. The van der Waals surface area contributed by atoms with Crippen LogP contribution in [0.1, 0.15) is 16.1 Å². The maximum atomic E-state index is 12.5. The molecule has 0 fully saturated rings. The Balaban J connectivity index is 2.78. The molecule has 2 aromatic heterocycles. The number of aromatic carboxylic acids is 1. The van der Waals surface area contributed by atoms with Crippen molar-refractivity contribution in [1.82, 2.24) is 9.38 Å². The van der Waals surface area contributed by atoms with Crippen molar-refractivity contribution in [2.45, 2.75) is 6.18 Å². The molecular formula is C9H4ClF3N2O2. The number of aromatic nitrogens is 2. The summed E-state index contributed by atoms with van der Waals surface area (Å²) >= 11 is 5.61. The van der Waals surface area contributed by atoms with Crippen LogP contribution in [0.5, 0.6) is 0 Å². The maximum absolute atomic E-state index is 12.5. The first-order valence-electron chi connectivity index (χ1n) is 4.28. The molecule has 8 heteroatoms. The zero-order valence-electron chi connectivity index (χ0n) is 7.99. The van der Waals surface area contributed by atoms with Crippen LogP contribution in [0, 0.1) is 0 Å². The van der Waals surface area contributed by atoms with E-state index in [4.69, 9.17) is 16.7 Å². The predicted octanol–water partition coefficient (Wildman–Crippen LogP) is 2.70. The molecule has 4 nitrogen and oxygen atoms in total. The number of alkyl halides is 3. The van der Waals surface area contributed by atoms with E-state index in [1.54, 1.807) is 0 Å². The summed E-state index contributed by atoms with van der Waals surface area (Å²) < 4.78 is 38.3. The lowest BCUT2D eigenvalue weighted by Gasteiger charge is -2.08. The summed E-state index contributed by atoms with van der Waals surface area (Å²) in [6.45, 7) is 0. The van der Waals surface area contributed by atoms with E-state index in [1.165, 1.54) is 0 Å². The molecule has 0 aromatic carbocycles. The van der Waals surface area contributed by atoms with E-state index in [9.17, 15) is 18.0 Å². The third-order valence-corrected chi connectivity index (χ3v) is 2.39. The fourth-order valence-electron chi connectivity index (χ4n) is 1.36. The van der Waals surface area contributed by atoms with E-state index in [0.29, 0.717) is 12.3 Å². The molecule has 0 spiro atoms. The minimum Gasteiger partial charge on any atom is -0.477 e.